The number of hydrogen-bond donors (Lipinski definition) is 2. The third-order valence-electron chi connectivity index (χ3n) is 4.07. The Morgan fingerprint density at radius 1 is 0.964 bits per heavy atom. The third-order valence-corrected chi connectivity index (χ3v) is 4.07. The topological polar surface area (TPSA) is 79.4 Å². The molecule has 2 aromatic carbocycles. The zero-order chi connectivity index (χ0) is 20.1. The zero-order valence-electron chi connectivity index (χ0n) is 16.4. The van der Waals surface area contributed by atoms with Crippen molar-refractivity contribution in [2.75, 3.05) is 36.7 Å². The van der Waals surface area contributed by atoms with E-state index in [-0.39, 0.29) is 5.91 Å². The minimum atomic E-state index is -0.291. The average molecular weight is 377 g/mol. The number of methoxy groups -OCH3 is 1. The van der Waals surface area contributed by atoms with Crippen molar-refractivity contribution in [3.63, 3.8) is 0 Å². The third kappa shape index (κ3) is 4.76. The maximum Gasteiger partial charge on any atom is 0.274 e. The highest BCUT2D eigenvalue weighted by molar-refractivity contribution is 6.03. The maximum absolute atomic E-state index is 12.6. The van der Waals surface area contributed by atoms with E-state index in [1.807, 2.05) is 67.5 Å². The Kier molecular flexibility index (Phi) is 5.74. The van der Waals surface area contributed by atoms with Crippen molar-refractivity contribution in [2.45, 2.75) is 6.92 Å². The normalized spacial score (nSPS) is 10.3. The molecule has 1 amide bonds. The first-order valence-electron chi connectivity index (χ1n) is 8.80. The molecule has 0 unspecified atom stereocenters. The predicted octanol–water partition coefficient (Wildman–Crippen LogP) is 3.86. The average Bonchev–Trinajstić information content (AvgIpc) is 2.68. The number of carbonyl (C=O) groups excluding carboxylic acids is 1. The minimum Gasteiger partial charge on any atom is -0.497 e. The van der Waals surface area contributed by atoms with E-state index in [1.54, 1.807) is 20.1 Å². The fraction of sp³-hybridized carbons (Fsp3) is 0.190. The number of aromatic nitrogens is 2. The van der Waals surface area contributed by atoms with E-state index in [1.165, 1.54) is 0 Å². The van der Waals surface area contributed by atoms with Gasteiger partial charge in [0.15, 0.2) is 0 Å². The first-order chi connectivity index (χ1) is 13.4. The second-order valence-electron chi connectivity index (χ2n) is 6.43. The Balaban J connectivity index is 1.75. The van der Waals surface area contributed by atoms with E-state index in [0.29, 0.717) is 23.0 Å². The molecule has 0 radical (unpaired) electrons. The van der Waals surface area contributed by atoms with Gasteiger partial charge in [-0.15, -0.1) is 0 Å². The Bertz CT molecular complexity index is 954. The molecule has 0 saturated carbocycles. The van der Waals surface area contributed by atoms with Crippen LogP contribution in [0.15, 0.2) is 54.6 Å². The number of amides is 1. The van der Waals surface area contributed by atoms with Crippen LogP contribution < -0.4 is 20.3 Å². The number of anilines is 4. The van der Waals surface area contributed by atoms with Crippen molar-refractivity contribution < 1.29 is 9.53 Å². The fourth-order valence-electron chi connectivity index (χ4n) is 2.61. The first-order valence-corrected chi connectivity index (χ1v) is 8.80. The number of rotatable bonds is 6. The molecule has 0 bridgehead atoms. The summed E-state index contributed by atoms with van der Waals surface area (Å²) >= 11 is 0. The number of nitrogens with zero attached hydrogens (tertiary/aromatic N) is 3. The summed E-state index contributed by atoms with van der Waals surface area (Å²) in [4.78, 5) is 23.2. The van der Waals surface area contributed by atoms with Crippen molar-refractivity contribution in [2.24, 2.45) is 0 Å². The first kappa shape index (κ1) is 19.2. The van der Waals surface area contributed by atoms with Gasteiger partial charge >= 0.3 is 0 Å². The van der Waals surface area contributed by atoms with Gasteiger partial charge in [-0.1, -0.05) is 0 Å². The number of aryl methyl sites for hydroxylation is 1. The fourth-order valence-corrected chi connectivity index (χ4v) is 2.61. The van der Waals surface area contributed by atoms with Crippen LogP contribution in [0.3, 0.4) is 0 Å². The number of ether oxygens (including phenoxy) is 1. The van der Waals surface area contributed by atoms with Gasteiger partial charge in [-0.05, 0) is 55.5 Å². The van der Waals surface area contributed by atoms with Crippen LogP contribution in [-0.2, 0) is 0 Å². The Hall–Kier alpha value is -3.61. The standard InChI is InChI=1S/C21H23N5O2/c1-14-22-19(21(27)25-16-5-9-17(10-6-16)26(2)3)13-20(23-14)24-15-7-11-18(28-4)12-8-15/h5-13H,1-4H3,(H,25,27)(H,22,23,24). The second kappa shape index (κ2) is 8.39. The number of benzene rings is 2. The summed E-state index contributed by atoms with van der Waals surface area (Å²) in [6.07, 6.45) is 0. The molecule has 0 aliphatic heterocycles. The molecular weight excluding hydrogens is 354 g/mol. The molecular formula is C21H23N5O2. The summed E-state index contributed by atoms with van der Waals surface area (Å²) in [5.74, 6) is 1.53. The highest BCUT2D eigenvalue weighted by atomic mass is 16.5. The molecule has 7 heteroatoms. The maximum atomic E-state index is 12.6. The van der Waals surface area contributed by atoms with Crippen molar-refractivity contribution in [3.8, 4) is 5.75 Å². The lowest BCUT2D eigenvalue weighted by molar-refractivity contribution is 0.102. The van der Waals surface area contributed by atoms with Crippen LogP contribution in [-0.4, -0.2) is 37.1 Å². The van der Waals surface area contributed by atoms with Crippen LogP contribution in [0.5, 0.6) is 5.75 Å². The monoisotopic (exact) mass is 377 g/mol. The Labute approximate surface area is 164 Å². The van der Waals surface area contributed by atoms with Crippen molar-refractivity contribution in [1.82, 2.24) is 9.97 Å². The van der Waals surface area contributed by atoms with Crippen LogP contribution >= 0.6 is 0 Å². The molecule has 1 aromatic heterocycles. The van der Waals surface area contributed by atoms with Crippen LogP contribution in [0.25, 0.3) is 0 Å². The van der Waals surface area contributed by atoms with Gasteiger partial charge in [-0.2, -0.15) is 0 Å². The molecule has 1 heterocycles. The van der Waals surface area contributed by atoms with Crippen molar-refractivity contribution >= 4 is 28.8 Å². The molecule has 144 valence electrons. The molecule has 7 nitrogen and oxygen atoms in total. The van der Waals surface area contributed by atoms with Crippen LogP contribution in [0.1, 0.15) is 16.3 Å². The summed E-state index contributed by atoms with van der Waals surface area (Å²) in [5.41, 5.74) is 2.89. The van der Waals surface area contributed by atoms with Gasteiger partial charge in [0.25, 0.3) is 5.91 Å². The molecule has 3 rings (SSSR count). The number of carbonyl (C=O) groups is 1. The molecule has 28 heavy (non-hydrogen) atoms. The van der Waals surface area contributed by atoms with Gasteiger partial charge in [0, 0.05) is 37.2 Å². The minimum absolute atomic E-state index is 0.291. The summed E-state index contributed by atoms with van der Waals surface area (Å²) in [5, 5.41) is 6.05. The van der Waals surface area contributed by atoms with Crippen molar-refractivity contribution in [1.29, 1.82) is 0 Å². The largest absolute Gasteiger partial charge is 0.497 e. The zero-order valence-corrected chi connectivity index (χ0v) is 16.4. The lowest BCUT2D eigenvalue weighted by Crippen LogP contribution is -2.15. The van der Waals surface area contributed by atoms with Gasteiger partial charge in [-0.25, -0.2) is 9.97 Å². The molecule has 0 spiro atoms. The summed E-state index contributed by atoms with van der Waals surface area (Å²) in [6.45, 7) is 1.75. The van der Waals surface area contributed by atoms with Crippen LogP contribution in [0.2, 0.25) is 0 Å². The quantitative estimate of drug-likeness (QED) is 0.679. The lowest BCUT2D eigenvalue weighted by Gasteiger charge is -2.13. The van der Waals surface area contributed by atoms with Gasteiger partial charge in [0.05, 0.1) is 7.11 Å². The molecule has 2 N–H and O–H groups in total. The molecule has 0 saturated heterocycles. The number of hydrogen-bond acceptors (Lipinski definition) is 6. The van der Waals surface area contributed by atoms with E-state index >= 15 is 0 Å². The van der Waals surface area contributed by atoms with Gasteiger partial charge < -0.3 is 20.3 Å². The van der Waals surface area contributed by atoms with Gasteiger partial charge in [0.1, 0.15) is 23.1 Å². The number of nitrogens with one attached hydrogen (secondary N) is 2. The van der Waals surface area contributed by atoms with E-state index in [9.17, 15) is 4.79 Å². The smallest absolute Gasteiger partial charge is 0.274 e. The van der Waals surface area contributed by atoms with E-state index in [4.69, 9.17) is 4.74 Å². The molecule has 0 atom stereocenters. The van der Waals surface area contributed by atoms with E-state index in [0.717, 1.165) is 17.1 Å². The summed E-state index contributed by atoms with van der Waals surface area (Å²) < 4.78 is 5.16. The summed E-state index contributed by atoms with van der Waals surface area (Å²) in [7, 11) is 5.55. The second-order valence-corrected chi connectivity index (χ2v) is 6.43. The van der Waals surface area contributed by atoms with Crippen molar-refractivity contribution in [3.05, 3.63) is 66.1 Å². The molecule has 0 fully saturated rings. The highest BCUT2D eigenvalue weighted by Gasteiger charge is 2.11. The summed E-state index contributed by atoms with van der Waals surface area (Å²) in [6, 6.07) is 16.7. The highest BCUT2D eigenvalue weighted by Crippen LogP contribution is 2.20. The van der Waals surface area contributed by atoms with Gasteiger partial charge in [-0.3, -0.25) is 4.79 Å². The lowest BCUT2D eigenvalue weighted by atomic mass is 10.2. The van der Waals surface area contributed by atoms with Crippen LogP contribution in [0, 0.1) is 6.92 Å². The molecule has 0 aliphatic rings. The Morgan fingerprint density at radius 2 is 1.61 bits per heavy atom. The van der Waals surface area contributed by atoms with E-state index in [2.05, 4.69) is 20.6 Å². The molecule has 3 aromatic rings. The van der Waals surface area contributed by atoms with E-state index < -0.39 is 0 Å². The molecule has 0 aliphatic carbocycles. The SMILES string of the molecule is COc1ccc(Nc2cc(C(=O)Nc3ccc(N(C)C)cc3)nc(C)n2)cc1. The predicted molar refractivity (Wildman–Crippen MR) is 112 cm³/mol. The van der Waals surface area contributed by atoms with Gasteiger partial charge in [0.2, 0.25) is 0 Å². The van der Waals surface area contributed by atoms with Crippen LogP contribution in [0.4, 0.5) is 22.9 Å². The Morgan fingerprint density at radius 3 is 2.21 bits per heavy atom.